The number of benzene rings is 1. The zero-order chi connectivity index (χ0) is 19.8. The van der Waals surface area contributed by atoms with Crippen LogP contribution in [0, 0.1) is 6.92 Å². The number of hydrogen-bond donors (Lipinski definition) is 2. The third-order valence-corrected chi connectivity index (χ3v) is 5.35. The fourth-order valence-corrected chi connectivity index (χ4v) is 3.94. The molecule has 0 radical (unpaired) electrons. The molecule has 4 heterocycles. The maximum atomic E-state index is 12.6. The molecule has 1 aromatic carbocycles. The summed E-state index contributed by atoms with van der Waals surface area (Å²) in [6.45, 7) is 4.79. The van der Waals surface area contributed by atoms with Crippen LogP contribution in [0.25, 0.3) is 22.1 Å². The summed E-state index contributed by atoms with van der Waals surface area (Å²) >= 11 is 0. The molecule has 1 aliphatic heterocycles. The Balaban J connectivity index is 1.30. The van der Waals surface area contributed by atoms with Gasteiger partial charge in [0.15, 0.2) is 5.65 Å². The van der Waals surface area contributed by atoms with E-state index in [2.05, 4.69) is 20.6 Å². The lowest BCUT2D eigenvalue weighted by Gasteiger charge is -2.06. The van der Waals surface area contributed by atoms with E-state index in [9.17, 15) is 4.79 Å². The SMILES string of the molecule is Cc1cc2cc(C(=O)NCCn3nc(C4CCNC4)c4nccnc43)ccc2o1. The van der Waals surface area contributed by atoms with Crippen molar-refractivity contribution in [3.05, 3.63) is 53.7 Å². The Kier molecular flexibility index (Phi) is 4.48. The van der Waals surface area contributed by atoms with Gasteiger partial charge in [-0.2, -0.15) is 5.10 Å². The van der Waals surface area contributed by atoms with E-state index >= 15 is 0 Å². The molecule has 1 aliphatic rings. The Morgan fingerprint density at radius 1 is 1.31 bits per heavy atom. The molecule has 1 amide bonds. The summed E-state index contributed by atoms with van der Waals surface area (Å²) in [6, 6.07) is 7.39. The summed E-state index contributed by atoms with van der Waals surface area (Å²) in [4.78, 5) is 21.5. The molecule has 2 N–H and O–H groups in total. The molecule has 8 nitrogen and oxygen atoms in total. The van der Waals surface area contributed by atoms with Gasteiger partial charge in [-0.3, -0.25) is 4.79 Å². The highest BCUT2D eigenvalue weighted by atomic mass is 16.3. The van der Waals surface area contributed by atoms with Crippen LogP contribution in [0.3, 0.4) is 0 Å². The van der Waals surface area contributed by atoms with Gasteiger partial charge in [-0.1, -0.05) is 0 Å². The lowest BCUT2D eigenvalue weighted by Crippen LogP contribution is -2.27. The smallest absolute Gasteiger partial charge is 0.251 e. The molecule has 4 aromatic rings. The second kappa shape index (κ2) is 7.29. The normalized spacial score (nSPS) is 16.7. The summed E-state index contributed by atoms with van der Waals surface area (Å²) < 4.78 is 7.41. The van der Waals surface area contributed by atoms with Gasteiger partial charge >= 0.3 is 0 Å². The highest BCUT2D eigenvalue weighted by Crippen LogP contribution is 2.26. The number of carbonyl (C=O) groups is 1. The monoisotopic (exact) mass is 390 g/mol. The van der Waals surface area contributed by atoms with Gasteiger partial charge in [-0.25, -0.2) is 14.6 Å². The molecule has 0 bridgehead atoms. The molecule has 5 rings (SSSR count). The van der Waals surface area contributed by atoms with E-state index in [0.717, 1.165) is 53.1 Å². The standard InChI is InChI=1S/C21H22N6O2/c1-13-10-16-11-14(2-3-17(16)29-13)21(28)25-8-9-27-20-19(23-6-7-24-20)18(26-27)15-4-5-22-12-15/h2-3,6-7,10-11,15,22H,4-5,8-9,12H2,1H3,(H,25,28). The van der Waals surface area contributed by atoms with E-state index in [4.69, 9.17) is 9.52 Å². The molecular formula is C21H22N6O2. The van der Waals surface area contributed by atoms with Crippen molar-refractivity contribution in [2.45, 2.75) is 25.8 Å². The molecule has 8 heteroatoms. The average molecular weight is 390 g/mol. The number of amides is 1. The van der Waals surface area contributed by atoms with Crippen LogP contribution in [-0.2, 0) is 6.54 Å². The van der Waals surface area contributed by atoms with Crippen molar-refractivity contribution >= 4 is 28.0 Å². The minimum atomic E-state index is -0.117. The van der Waals surface area contributed by atoms with Gasteiger partial charge in [-0.15, -0.1) is 0 Å². The topological polar surface area (TPSA) is 97.9 Å². The van der Waals surface area contributed by atoms with Crippen molar-refractivity contribution in [1.82, 2.24) is 30.4 Å². The average Bonchev–Trinajstić information content (AvgIpc) is 3.45. The summed E-state index contributed by atoms with van der Waals surface area (Å²) in [6.07, 6.45) is 4.43. The van der Waals surface area contributed by atoms with Crippen molar-refractivity contribution in [2.75, 3.05) is 19.6 Å². The van der Waals surface area contributed by atoms with Crippen molar-refractivity contribution in [3.63, 3.8) is 0 Å². The number of hydrogen-bond acceptors (Lipinski definition) is 6. The van der Waals surface area contributed by atoms with Gasteiger partial charge in [-0.05, 0) is 44.2 Å². The Morgan fingerprint density at radius 3 is 3.07 bits per heavy atom. The van der Waals surface area contributed by atoms with Gasteiger partial charge in [0.1, 0.15) is 16.9 Å². The Hall–Kier alpha value is -3.26. The van der Waals surface area contributed by atoms with E-state index in [1.807, 2.05) is 29.8 Å². The highest BCUT2D eigenvalue weighted by Gasteiger charge is 2.24. The first kappa shape index (κ1) is 17.8. The lowest BCUT2D eigenvalue weighted by atomic mass is 10.0. The predicted molar refractivity (Wildman–Crippen MR) is 109 cm³/mol. The molecule has 0 saturated carbocycles. The molecule has 0 spiro atoms. The van der Waals surface area contributed by atoms with E-state index in [0.29, 0.717) is 24.6 Å². The van der Waals surface area contributed by atoms with Crippen molar-refractivity contribution < 1.29 is 9.21 Å². The molecule has 3 aromatic heterocycles. The van der Waals surface area contributed by atoms with Crippen LogP contribution in [0.5, 0.6) is 0 Å². The van der Waals surface area contributed by atoms with Crippen LogP contribution in [0.15, 0.2) is 41.1 Å². The predicted octanol–water partition coefficient (Wildman–Crippen LogP) is 2.39. The van der Waals surface area contributed by atoms with Crippen LogP contribution in [0.4, 0.5) is 0 Å². The number of furan rings is 1. The molecule has 0 aliphatic carbocycles. The Bertz CT molecular complexity index is 1190. The fourth-order valence-electron chi connectivity index (χ4n) is 3.94. The molecule has 148 valence electrons. The second-order valence-corrected chi connectivity index (χ2v) is 7.39. The first-order valence-corrected chi connectivity index (χ1v) is 9.85. The minimum Gasteiger partial charge on any atom is -0.461 e. The summed E-state index contributed by atoms with van der Waals surface area (Å²) in [5, 5.41) is 12.0. The molecule has 1 atom stereocenters. The maximum absolute atomic E-state index is 12.6. The molecule has 29 heavy (non-hydrogen) atoms. The second-order valence-electron chi connectivity index (χ2n) is 7.39. The summed E-state index contributed by atoms with van der Waals surface area (Å²) in [7, 11) is 0. The highest BCUT2D eigenvalue weighted by molar-refractivity contribution is 5.97. The quantitative estimate of drug-likeness (QED) is 0.543. The number of carbonyl (C=O) groups excluding carboxylic acids is 1. The number of fused-ring (bicyclic) bond motifs is 2. The van der Waals surface area contributed by atoms with Crippen LogP contribution >= 0.6 is 0 Å². The van der Waals surface area contributed by atoms with Crippen molar-refractivity contribution in [2.24, 2.45) is 0 Å². The first-order chi connectivity index (χ1) is 14.2. The number of aromatic nitrogens is 4. The maximum Gasteiger partial charge on any atom is 0.251 e. The van der Waals surface area contributed by atoms with Crippen molar-refractivity contribution in [3.8, 4) is 0 Å². The van der Waals surface area contributed by atoms with E-state index in [1.54, 1.807) is 18.5 Å². The number of aryl methyl sites for hydroxylation is 1. The lowest BCUT2D eigenvalue weighted by molar-refractivity contribution is 0.0952. The van der Waals surface area contributed by atoms with Crippen LogP contribution in [-0.4, -0.2) is 45.3 Å². The van der Waals surface area contributed by atoms with Crippen LogP contribution in [0.2, 0.25) is 0 Å². The van der Waals surface area contributed by atoms with Gasteiger partial charge in [0.2, 0.25) is 0 Å². The molecule has 1 fully saturated rings. The first-order valence-electron chi connectivity index (χ1n) is 9.85. The van der Waals surface area contributed by atoms with Gasteiger partial charge < -0.3 is 15.1 Å². The summed E-state index contributed by atoms with van der Waals surface area (Å²) in [5.41, 5.74) is 4.01. The minimum absolute atomic E-state index is 0.117. The zero-order valence-electron chi connectivity index (χ0n) is 16.2. The van der Waals surface area contributed by atoms with E-state index in [-0.39, 0.29) is 5.91 Å². The largest absolute Gasteiger partial charge is 0.461 e. The Morgan fingerprint density at radius 2 is 2.21 bits per heavy atom. The Labute approximate surface area is 167 Å². The molecular weight excluding hydrogens is 368 g/mol. The van der Waals surface area contributed by atoms with Gasteiger partial charge in [0.05, 0.1) is 12.2 Å². The van der Waals surface area contributed by atoms with Crippen LogP contribution < -0.4 is 10.6 Å². The zero-order valence-corrected chi connectivity index (χ0v) is 16.2. The van der Waals surface area contributed by atoms with Crippen LogP contribution in [0.1, 0.15) is 34.2 Å². The third-order valence-electron chi connectivity index (χ3n) is 5.35. The van der Waals surface area contributed by atoms with E-state index in [1.165, 1.54) is 0 Å². The number of nitrogens with one attached hydrogen (secondary N) is 2. The summed E-state index contributed by atoms with van der Waals surface area (Å²) in [5.74, 6) is 1.07. The number of rotatable bonds is 5. The van der Waals surface area contributed by atoms with E-state index < -0.39 is 0 Å². The molecule has 1 unspecified atom stereocenters. The van der Waals surface area contributed by atoms with Crippen molar-refractivity contribution in [1.29, 1.82) is 0 Å². The molecule has 1 saturated heterocycles. The van der Waals surface area contributed by atoms with Gasteiger partial charge in [0.25, 0.3) is 5.91 Å². The van der Waals surface area contributed by atoms with Gasteiger partial charge in [0, 0.05) is 42.4 Å². The fraction of sp³-hybridized carbons (Fsp3) is 0.333. The number of nitrogens with zero attached hydrogens (tertiary/aromatic N) is 4. The third kappa shape index (κ3) is 3.36.